The number of aromatic hydroxyl groups is 1. The Labute approximate surface area is 169 Å². The minimum absolute atomic E-state index is 0.0227. The molecular formula is C25H36O3. The molecule has 3 aliphatic carbocycles. The minimum atomic E-state index is 0.0227. The van der Waals surface area contributed by atoms with Gasteiger partial charge >= 0.3 is 5.97 Å². The van der Waals surface area contributed by atoms with Gasteiger partial charge in [-0.2, -0.15) is 0 Å². The summed E-state index contributed by atoms with van der Waals surface area (Å²) in [5.41, 5.74) is 2.96. The number of carbonyl (C=O) groups is 1. The smallest absolute Gasteiger partial charge is 0.306 e. The first-order chi connectivity index (χ1) is 13.5. The van der Waals surface area contributed by atoms with Crippen molar-refractivity contribution in [2.75, 3.05) is 0 Å². The quantitative estimate of drug-likeness (QED) is 0.474. The maximum absolute atomic E-state index is 12.4. The zero-order chi connectivity index (χ0) is 19.7. The lowest BCUT2D eigenvalue weighted by Crippen LogP contribution is -2.45. The van der Waals surface area contributed by atoms with E-state index in [2.05, 4.69) is 19.9 Å². The SMILES string of the molecule is CCCCCCC(=O)OC1CCC2C3CCc4cc(O)ccc4C3CCC12C. The molecule has 28 heavy (non-hydrogen) atoms. The average Bonchev–Trinajstić information content (AvgIpc) is 3.01. The maximum Gasteiger partial charge on any atom is 0.306 e. The lowest BCUT2D eigenvalue weighted by Gasteiger charge is -2.50. The van der Waals surface area contributed by atoms with Crippen molar-refractivity contribution in [1.82, 2.24) is 0 Å². The monoisotopic (exact) mass is 384 g/mol. The summed E-state index contributed by atoms with van der Waals surface area (Å²) >= 11 is 0. The third-order valence-electron chi connectivity index (χ3n) is 8.13. The minimum Gasteiger partial charge on any atom is -0.508 e. The number of benzene rings is 1. The number of unbranched alkanes of at least 4 members (excludes halogenated alkanes) is 3. The van der Waals surface area contributed by atoms with Crippen LogP contribution >= 0.6 is 0 Å². The molecule has 154 valence electrons. The molecule has 3 nitrogen and oxygen atoms in total. The molecule has 0 radical (unpaired) electrons. The van der Waals surface area contributed by atoms with E-state index in [4.69, 9.17) is 4.74 Å². The van der Waals surface area contributed by atoms with E-state index in [-0.39, 0.29) is 17.5 Å². The van der Waals surface area contributed by atoms with Crippen molar-refractivity contribution >= 4 is 5.97 Å². The molecule has 1 aromatic rings. The molecule has 0 spiro atoms. The topological polar surface area (TPSA) is 46.5 Å². The second-order valence-corrected chi connectivity index (χ2v) is 9.71. The molecule has 2 saturated carbocycles. The van der Waals surface area contributed by atoms with Crippen LogP contribution in [0.2, 0.25) is 0 Å². The molecule has 5 atom stereocenters. The Morgan fingerprint density at radius 3 is 2.86 bits per heavy atom. The number of phenolic OH excluding ortho intramolecular Hbond substituents is 1. The molecule has 5 unspecified atom stereocenters. The summed E-state index contributed by atoms with van der Waals surface area (Å²) in [5.74, 6) is 2.39. The standard InChI is InChI=1S/C25H36O3/c1-3-4-5-6-7-24(27)28-23-13-12-22-21-10-8-17-16-18(26)9-11-19(17)20(21)14-15-25(22,23)2/h9,11,16,20-23,26H,3-8,10,12-15H2,1-2H3. The summed E-state index contributed by atoms with van der Waals surface area (Å²) in [6, 6.07) is 5.98. The van der Waals surface area contributed by atoms with E-state index in [0.29, 0.717) is 29.9 Å². The summed E-state index contributed by atoms with van der Waals surface area (Å²) in [7, 11) is 0. The van der Waals surface area contributed by atoms with Crippen LogP contribution in [-0.2, 0) is 16.0 Å². The number of phenols is 1. The zero-order valence-electron chi connectivity index (χ0n) is 17.6. The number of fused-ring (bicyclic) bond motifs is 5. The van der Waals surface area contributed by atoms with Gasteiger partial charge in [-0.3, -0.25) is 4.79 Å². The number of carbonyl (C=O) groups excluding carboxylic acids is 1. The van der Waals surface area contributed by atoms with Crippen molar-refractivity contribution in [3.05, 3.63) is 29.3 Å². The zero-order valence-corrected chi connectivity index (χ0v) is 17.6. The van der Waals surface area contributed by atoms with E-state index in [0.717, 1.165) is 32.1 Å². The Morgan fingerprint density at radius 1 is 1.18 bits per heavy atom. The highest BCUT2D eigenvalue weighted by Gasteiger charge is 2.56. The molecule has 0 aromatic heterocycles. The number of hydrogen-bond acceptors (Lipinski definition) is 3. The second kappa shape index (κ2) is 8.08. The predicted octanol–water partition coefficient (Wildman–Crippen LogP) is 6.13. The third kappa shape index (κ3) is 3.57. The fraction of sp³-hybridized carbons (Fsp3) is 0.720. The van der Waals surface area contributed by atoms with Gasteiger partial charge in [0.2, 0.25) is 0 Å². The van der Waals surface area contributed by atoms with E-state index in [1.54, 1.807) is 0 Å². The van der Waals surface area contributed by atoms with Gasteiger partial charge in [-0.25, -0.2) is 0 Å². The summed E-state index contributed by atoms with van der Waals surface area (Å²) in [6.07, 6.45) is 12.0. The van der Waals surface area contributed by atoms with Gasteiger partial charge in [0, 0.05) is 11.8 Å². The first-order valence-corrected chi connectivity index (χ1v) is 11.5. The van der Waals surface area contributed by atoms with Crippen LogP contribution < -0.4 is 0 Å². The summed E-state index contributed by atoms with van der Waals surface area (Å²) in [6.45, 7) is 4.59. The Bertz CT molecular complexity index is 712. The fourth-order valence-electron chi connectivity index (χ4n) is 6.63. The Kier molecular flexibility index (Phi) is 5.71. The van der Waals surface area contributed by atoms with Crippen molar-refractivity contribution in [3.8, 4) is 5.75 Å². The fourth-order valence-corrected chi connectivity index (χ4v) is 6.63. The highest BCUT2D eigenvalue weighted by atomic mass is 16.5. The lowest BCUT2D eigenvalue weighted by molar-refractivity contribution is -0.157. The molecule has 0 saturated heterocycles. The highest BCUT2D eigenvalue weighted by molar-refractivity contribution is 5.69. The van der Waals surface area contributed by atoms with E-state index < -0.39 is 0 Å². The number of ether oxygens (including phenoxy) is 1. The molecule has 0 bridgehead atoms. The van der Waals surface area contributed by atoms with Crippen LogP contribution in [0.4, 0.5) is 0 Å². The van der Waals surface area contributed by atoms with Crippen molar-refractivity contribution in [3.63, 3.8) is 0 Å². The lowest BCUT2D eigenvalue weighted by atomic mass is 9.55. The van der Waals surface area contributed by atoms with Crippen molar-refractivity contribution in [2.45, 2.75) is 96.5 Å². The number of aryl methyl sites for hydroxylation is 1. The van der Waals surface area contributed by atoms with Gasteiger partial charge in [-0.15, -0.1) is 0 Å². The van der Waals surface area contributed by atoms with Crippen molar-refractivity contribution in [2.24, 2.45) is 17.3 Å². The number of rotatable bonds is 6. The molecule has 3 aliphatic rings. The van der Waals surface area contributed by atoms with Crippen molar-refractivity contribution in [1.29, 1.82) is 0 Å². The van der Waals surface area contributed by atoms with E-state index in [9.17, 15) is 9.90 Å². The van der Waals surface area contributed by atoms with Crippen LogP contribution in [0.25, 0.3) is 0 Å². The van der Waals surface area contributed by atoms with Crippen LogP contribution in [0.3, 0.4) is 0 Å². The first kappa shape index (κ1) is 19.8. The van der Waals surface area contributed by atoms with E-state index in [1.807, 2.05) is 12.1 Å². The number of hydrogen-bond donors (Lipinski definition) is 1. The van der Waals surface area contributed by atoms with Crippen LogP contribution in [0.5, 0.6) is 5.75 Å². The van der Waals surface area contributed by atoms with Gasteiger partial charge in [0.25, 0.3) is 0 Å². The van der Waals surface area contributed by atoms with Gasteiger partial charge in [0.1, 0.15) is 11.9 Å². The maximum atomic E-state index is 12.4. The van der Waals surface area contributed by atoms with Gasteiger partial charge in [-0.1, -0.05) is 39.2 Å². The molecule has 2 fully saturated rings. The Balaban J connectivity index is 1.42. The molecular weight excluding hydrogens is 348 g/mol. The summed E-state index contributed by atoms with van der Waals surface area (Å²) < 4.78 is 6.06. The normalized spacial score (nSPS) is 33.6. The van der Waals surface area contributed by atoms with Crippen LogP contribution in [-0.4, -0.2) is 17.2 Å². The highest BCUT2D eigenvalue weighted by Crippen LogP contribution is 2.61. The van der Waals surface area contributed by atoms with Crippen molar-refractivity contribution < 1.29 is 14.6 Å². The van der Waals surface area contributed by atoms with Gasteiger partial charge in [0.05, 0.1) is 0 Å². The van der Waals surface area contributed by atoms with E-state index >= 15 is 0 Å². The Morgan fingerprint density at radius 2 is 2.04 bits per heavy atom. The summed E-state index contributed by atoms with van der Waals surface area (Å²) in [5, 5.41) is 9.84. The molecule has 1 N–H and O–H groups in total. The third-order valence-corrected chi connectivity index (χ3v) is 8.13. The average molecular weight is 385 g/mol. The van der Waals surface area contributed by atoms with Gasteiger partial charge in [-0.05, 0) is 86.0 Å². The summed E-state index contributed by atoms with van der Waals surface area (Å²) in [4.78, 5) is 12.4. The van der Waals surface area contributed by atoms with Crippen LogP contribution in [0.15, 0.2) is 18.2 Å². The molecule has 0 aliphatic heterocycles. The van der Waals surface area contributed by atoms with E-state index in [1.165, 1.54) is 43.2 Å². The second-order valence-electron chi connectivity index (χ2n) is 9.71. The van der Waals surface area contributed by atoms with Gasteiger partial charge in [0.15, 0.2) is 0 Å². The van der Waals surface area contributed by atoms with Crippen LogP contribution in [0, 0.1) is 17.3 Å². The first-order valence-electron chi connectivity index (χ1n) is 11.5. The van der Waals surface area contributed by atoms with Crippen LogP contribution in [0.1, 0.15) is 95.1 Å². The predicted molar refractivity (Wildman–Crippen MR) is 111 cm³/mol. The Hall–Kier alpha value is -1.51. The molecule has 4 rings (SSSR count). The molecule has 0 heterocycles. The largest absolute Gasteiger partial charge is 0.508 e. The molecule has 0 amide bonds. The molecule has 3 heteroatoms. The van der Waals surface area contributed by atoms with Gasteiger partial charge < -0.3 is 9.84 Å². The number of esters is 1. The molecule has 1 aromatic carbocycles.